The number of benzene rings is 2. The van der Waals surface area contributed by atoms with Crippen LogP contribution in [-0.4, -0.2) is 36.0 Å². The summed E-state index contributed by atoms with van der Waals surface area (Å²) >= 11 is 5.98. The van der Waals surface area contributed by atoms with Crippen LogP contribution in [0.5, 0.6) is 0 Å². The van der Waals surface area contributed by atoms with Crippen LogP contribution in [0, 0.1) is 5.82 Å². The van der Waals surface area contributed by atoms with Gasteiger partial charge in [-0.15, -0.1) is 0 Å². The standard InChI is InChI=1S/C20H20ClFN2O3/c1-24(20(26)17-11-10-16(27-17)19(23)25)18(12-2-6-14(21)7-3-12)13-4-8-15(22)9-5-13/h2-9,16-18H,10-11H2,1H3,(H2,23,25)/t16-,17+,18?/m1/s1. The van der Waals surface area contributed by atoms with Gasteiger partial charge in [0.1, 0.15) is 18.0 Å². The van der Waals surface area contributed by atoms with Crippen LogP contribution >= 0.6 is 11.6 Å². The fourth-order valence-electron chi connectivity index (χ4n) is 3.31. The normalized spacial score (nSPS) is 20.3. The van der Waals surface area contributed by atoms with Crippen LogP contribution in [0.15, 0.2) is 48.5 Å². The molecule has 1 fully saturated rings. The molecule has 27 heavy (non-hydrogen) atoms. The molecule has 5 nitrogen and oxygen atoms in total. The lowest BCUT2D eigenvalue weighted by Crippen LogP contribution is -2.40. The van der Waals surface area contributed by atoms with Crippen LogP contribution in [0.1, 0.15) is 30.0 Å². The number of ether oxygens (including phenoxy) is 1. The van der Waals surface area contributed by atoms with E-state index in [1.165, 1.54) is 12.1 Å². The Morgan fingerprint density at radius 1 is 1.07 bits per heavy atom. The summed E-state index contributed by atoms with van der Waals surface area (Å²) in [5.41, 5.74) is 6.84. The second kappa shape index (κ2) is 8.06. The Morgan fingerprint density at radius 3 is 2.11 bits per heavy atom. The molecule has 1 aliphatic rings. The third-order valence-corrected chi connectivity index (χ3v) is 4.97. The van der Waals surface area contributed by atoms with Crippen molar-refractivity contribution in [3.8, 4) is 0 Å². The molecule has 142 valence electrons. The number of primary amides is 1. The summed E-state index contributed by atoms with van der Waals surface area (Å²) in [5.74, 6) is -1.19. The van der Waals surface area contributed by atoms with Gasteiger partial charge >= 0.3 is 0 Å². The number of hydrogen-bond acceptors (Lipinski definition) is 3. The van der Waals surface area contributed by atoms with Gasteiger partial charge in [-0.2, -0.15) is 0 Å². The predicted octanol–water partition coefficient (Wildman–Crippen LogP) is 3.06. The maximum Gasteiger partial charge on any atom is 0.252 e. The Bertz CT molecular complexity index is 781. The highest BCUT2D eigenvalue weighted by Gasteiger charge is 2.37. The van der Waals surface area contributed by atoms with Gasteiger partial charge in [0.2, 0.25) is 5.91 Å². The molecule has 0 spiro atoms. The molecule has 2 aromatic carbocycles. The molecule has 1 unspecified atom stereocenters. The zero-order valence-corrected chi connectivity index (χ0v) is 15.5. The molecule has 0 aromatic heterocycles. The SMILES string of the molecule is CN(C(=O)[C@@H]1CC[C@H](C(N)=O)O1)C(c1ccc(F)cc1)c1ccc(Cl)cc1. The molecule has 1 heterocycles. The minimum absolute atomic E-state index is 0.261. The van der Waals surface area contributed by atoms with Gasteiger partial charge in [-0.25, -0.2) is 4.39 Å². The molecule has 3 atom stereocenters. The van der Waals surface area contributed by atoms with Gasteiger partial charge in [-0.3, -0.25) is 9.59 Å². The van der Waals surface area contributed by atoms with E-state index < -0.39 is 24.2 Å². The summed E-state index contributed by atoms with van der Waals surface area (Å²) in [7, 11) is 1.66. The highest BCUT2D eigenvalue weighted by molar-refractivity contribution is 6.30. The predicted molar refractivity (Wildman–Crippen MR) is 99.6 cm³/mol. The number of rotatable bonds is 5. The molecule has 1 aliphatic heterocycles. The van der Waals surface area contributed by atoms with Crippen LogP contribution in [0.25, 0.3) is 0 Å². The van der Waals surface area contributed by atoms with E-state index >= 15 is 0 Å². The number of likely N-dealkylation sites (N-methyl/N-ethyl adjacent to an activating group) is 1. The van der Waals surface area contributed by atoms with Crippen molar-refractivity contribution in [2.75, 3.05) is 7.05 Å². The zero-order chi connectivity index (χ0) is 19.6. The molecule has 0 saturated carbocycles. The van der Waals surface area contributed by atoms with Crippen molar-refractivity contribution in [2.45, 2.75) is 31.1 Å². The van der Waals surface area contributed by atoms with Crippen molar-refractivity contribution in [1.82, 2.24) is 4.90 Å². The zero-order valence-electron chi connectivity index (χ0n) is 14.8. The summed E-state index contributed by atoms with van der Waals surface area (Å²) in [6, 6.07) is 12.6. The maximum atomic E-state index is 13.4. The molecular weight excluding hydrogens is 371 g/mol. The second-order valence-electron chi connectivity index (χ2n) is 6.55. The Labute approximate surface area is 161 Å². The lowest BCUT2D eigenvalue weighted by atomic mass is 9.96. The average molecular weight is 391 g/mol. The van der Waals surface area contributed by atoms with E-state index in [9.17, 15) is 14.0 Å². The Morgan fingerprint density at radius 2 is 1.59 bits per heavy atom. The van der Waals surface area contributed by atoms with Crippen molar-refractivity contribution < 1.29 is 18.7 Å². The first kappa shape index (κ1) is 19.3. The summed E-state index contributed by atoms with van der Waals surface area (Å²) in [5, 5.41) is 0.578. The van der Waals surface area contributed by atoms with E-state index in [0.29, 0.717) is 17.9 Å². The monoisotopic (exact) mass is 390 g/mol. The van der Waals surface area contributed by atoms with Crippen molar-refractivity contribution in [3.05, 3.63) is 70.5 Å². The summed E-state index contributed by atoms with van der Waals surface area (Å²) < 4.78 is 18.9. The third kappa shape index (κ3) is 4.28. The Balaban J connectivity index is 1.90. The summed E-state index contributed by atoms with van der Waals surface area (Å²) in [4.78, 5) is 25.8. The van der Waals surface area contributed by atoms with Gasteiger partial charge < -0.3 is 15.4 Å². The first-order chi connectivity index (χ1) is 12.9. The minimum atomic E-state index is -0.743. The molecule has 0 aliphatic carbocycles. The van der Waals surface area contributed by atoms with Gasteiger partial charge in [0.25, 0.3) is 5.91 Å². The van der Waals surface area contributed by atoms with Crippen molar-refractivity contribution in [3.63, 3.8) is 0 Å². The number of nitrogens with zero attached hydrogens (tertiary/aromatic N) is 1. The van der Waals surface area contributed by atoms with E-state index in [2.05, 4.69) is 0 Å². The van der Waals surface area contributed by atoms with E-state index in [1.807, 2.05) is 12.1 Å². The fourth-order valence-corrected chi connectivity index (χ4v) is 3.44. The minimum Gasteiger partial charge on any atom is -0.367 e. The molecule has 0 radical (unpaired) electrons. The molecule has 2 N–H and O–H groups in total. The topological polar surface area (TPSA) is 72.6 Å². The van der Waals surface area contributed by atoms with Crippen LogP contribution in [-0.2, 0) is 14.3 Å². The van der Waals surface area contributed by atoms with E-state index in [0.717, 1.165) is 11.1 Å². The van der Waals surface area contributed by atoms with E-state index in [-0.39, 0.29) is 11.7 Å². The smallest absolute Gasteiger partial charge is 0.252 e. The quantitative estimate of drug-likeness (QED) is 0.852. The van der Waals surface area contributed by atoms with Gasteiger partial charge in [0.15, 0.2) is 0 Å². The highest BCUT2D eigenvalue weighted by Crippen LogP contribution is 2.31. The average Bonchev–Trinajstić information content (AvgIpc) is 3.15. The molecule has 7 heteroatoms. The fraction of sp³-hybridized carbons (Fsp3) is 0.300. The van der Waals surface area contributed by atoms with E-state index in [1.54, 1.807) is 36.2 Å². The van der Waals surface area contributed by atoms with Gasteiger partial charge in [-0.1, -0.05) is 35.9 Å². The van der Waals surface area contributed by atoms with Gasteiger partial charge in [-0.05, 0) is 48.2 Å². The maximum absolute atomic E-state index is 13.4. The van der Waals surface area contributed by atoms with Gasteiger partial charge in [0, 0.05) is 12.1 Å². The number of carbonyl (C=O) groups excluding carboxylic acids is 2. The molecule has 1 saturated heterocycles. The van der Waals surface area contributed by atoms with Crippen molar-refractivity contribution >= 4 is 23.4 Å². The van der Waals surface area contributed by atoms with Gasteiger partial charge in [0.05, 0.1) is 6.04 Å². The number of amides is 2. The third-order valence-electron chi connectivity index (χ3n) is 4.72. The largest absolute Gasteiger partial charge is 0.367 e. The molecule has 3 rings (SSSR count). The molecule has 2 amide bonds. The first-order valence-corrected chi connectivity index (χ1v) is 8.97. The summed E-state index contributed by atoms with van der Waals surface area (Å²) in [6.45, 7) is 0. The Hall–Kier alpha value is -2.44. The number of nitrogens with two attached hydrogens (primary N) is 1. The van der Waals surface area contributed by atoms with Crippen LogP contribution in [0.4, 0.5) is 4.39 Å². The lowest BCUT2D eigenvalue weighted by Gasteiger charge is -2.31. The molecule has 2 aromatic rings. The lowest BCUT2D eigenvalue weighted by molar-refractivity contribution is -0.145. The second-order valence-corrected chi connectivity index (χ2v) is 6.98. The summed E-state index contributed by atoms with van der Waals surface area (Å²) in [6.07, 6.45) is -0.634. The van der Waals surface area contributed by atoms with E-state index in [4.69, 9.17) is 22.1 Å². The van der Waals surface area contributed by atoms with Crippen molar-refractivity contribution in [1.29, 1.82) is 0 Å². The number of halogens is 2. The molecule has 0 bridgehead atoms. The first-order valence-electron chi connectivity index (χ1n) is 8.59. The Kier molecular flexibility index (Phi) is 5.77. The van der Waals surface area contributed by atoms with Crippen LogP contribution < -0.4 is 5.73 Å². The number of carbonyl (C=O) groups is 2. The van der Waals surface area contributed by atoms with Crippen molar-refractivity contribution in [2.24, 2.45) is 5.73 Å². The number of hydrogen-bond donors (Lipinski definition) is 1. The molecular formula is C20H20ClFN2O3. The van der Waals surface area contributed by atoms with Crippen LogP contribution in [0.3, 0.4) is 0 Å². The highest BCUT2D eigenvalue weighted by atomic mass is 35.5. The van der Waals surface area contributed by atoms with Crippen LogP contribution in [0.2, 0.25) is 5.02 Å².